The lowest BCUT2D eigenvalue weighted by Crippen LogP contribution is -2.33. The van der Waals surface area contributed by atoms with Gasteiger partial charge in [0.15, 0.2) is 5.60 Å². The summed E-state index contributed by atoms with van der Waals surface area (Å²) in [5.41, 5.74) is 0.796. The smallest absolute Gasteiger partial charge is 0.270 e. The summed E-state index contributed by atoms with van der Waals surface area (Å²) in [5, 5.41) is 20.9. The second-order valence-electron chi connectivity index (χ2n) is 8.85. The molecule has 1 atom stereocenters. The van der Waals surface area contributed by atoms with Crippen LogP contribution < -0.4 is 4.74 Å². The number of methoxy groups -OCH3 is 1. The first kappa shape index (κ1) is 24.8. The van der Waals surface area contributed by atoms with E-state index < -0.39 is 11.5 Å². The Morgan fingerprint density at radius 1 is 1.03 bits per heavy atom. The number of aliphatic hydroxyl groups is 1. The van der Waals surface area contributed by atoms with Crippen LogP contribution in [0.1, 0.15) is 29.4 Å². The van der Waals surface area contributed by atoms with E-state index in [2.05, 4.69) is 20.3 Å². The minimum atomic E-state index is -3.04. The third-order valence-corrected chi connectivity index (χ3v) is 6.82. The summed E-state index contributed by atoms with van der Waals surface area (Å²) < 4.78 is 36.8. The largest absolute Gasteiger partial charge is 0.480 e. The molecular formula is C26H23ClF2N6O2. The number of hydrogen-bond acceptors (Lipinski definition) is 6. The first-order chi connectivity index (χ1) is 17.6. The summed E-state index contributed by atoms with van der Waals surface area (Å²) in [6.07, 6.45) is 4.62. The molecule has 11 heteroatoms. The summed E-state index contributed by atoms with van der Waals surface area (Å²) in [6, 6.07) is 11.1. The maximum atomic E-state index is 14.1. The highest BCUT2D eigenvalue weighted by Crippen LogP contribution is 2.43. The van der Waals surface area contributed by atoms with Crippen LogP contribution in [0, 0.1) is 0 Å². The Morgan fingerprint density at radius 2 is 1.81 bits per heavy atom. The molecule has 0 aliphatic carbocycles. The van der Waals surface area contributed by atoms with Crippen molar-refractivity contribution in [1.82, 2.24) is 29.5 Å². The maximum absolute atomic E-state index is 14.1. The number of hydrogen-bond donors (Lipinski definition) is 1. The van der Waals surface area contributed by atoms with E-state index in [-0.39, 0.29) is 16.5 Å². The molecule has 8 nitrogen and oxygen atoms in total. The average molecular weight is 525 g/mol. The number of aromatic nitrogens is 6. The average Bonchev–Trinajstić information content (AvgIpc) is 3.51. The Hall–Kier alpha value is -3.89. The standard InChI is InChI=1S/C26H23ClF2N6O2/c1-25(28,29)16-7-5-6-15(10-16)22-23(27)18-11-17(8-9-19(18)32-24(22)37-4)26(36,20-12-30-14-34(20)2)21-13-31-33-35(21)3/h5-14,36H,1-4H3. The maximum Gasteiger partial charge on any atom is 0.270 e. The highest BCUT2D eigenvalue weighted by Gasteiger charge is 2.40. The van der Waals surface area contributed by atoms with E-state index in [1.54, 1.807) is 55.5 Å². The van der Waals surface area contributed by atoms with Crippen molar-refractivity contribution in [2.24, 2.45) is 14.1 Å². The summed E-state index contributed by atoms with van der Waals surface area (Å²) in [6.45, 7) is 0.836. The number of ether oxygens (including phenoxy) is 1. The van der Waals surface area contributed by atoms with Gasteiger partial charge in [-0.1, -0.05) is 41.1 Å². The number of pyridine rings is 1. The van der Waals surface area contributed by atoms with Crippen LogP contribution >= 0.6 is 11.6 Å². The van der Waals surface area contributed by atoms with E-state index in [0.29, 0.717) is 39.0 Å². The van der Waals surface area contributed by atoms with Gasteiger partial charge >= 0.3 is 0 Å². The van der Waals surface area contributed by atoms with Gasteiger partial charge in [-0.15, -0.1) is 5.10 Å². The van der Waals surface area contributed by atoms with Crippen molar-refractivity contribution in [1.29, 1.82) is 0 Å². The van der Waals surface area contributed by atoms with Gasteiger partial charge in [0.2, 0.25) is 5.88 Å². The SMILES string of the molecule is COc1nc2ccc(C(O)(c3cncn3C)c3cnnn3C)cc2c(Cl)c1-c1cccc(C(C)(F)F)c1. The minimum absolute atomic E-state index is 0.161. The summed E-state index contributed by atoms with van der Waals surface area (Å²) in [5.74, 6) is -2.84. The molecule has 5 aromatic rings. The van der Waals surface area contributed by atoms with Crippen molar-refractivity contribution >= 4 is 22.5 Å². The monoisotopic (exact) mass is 524 g/mol. The molecule has 0 saturated heterocycles. The molecule has 2 aromatic carbocycles. The molecule has 0 spiro atoms. The number of alkyl halides is 2. The number of nitrogens with zero attached hydrogens (tertiary/aromatic N) is 6. The molecule has 0 bridgehead atoms. The fraction of sp³-hybridized carbons (Fsp3) is 0.231. The number of halogens is 3. The molecular weight excluding hydrogens is 502 g/mol. The third kappa shape index (κ3) is 4.02. The van der Waals surface area contributed by atoms with Gasteiger partial charge in [-0.2, -0.15) is 0 Å². The van der Waals surface area contributed by atoms with E-state index in [1.807, 2.05) is 0 Å². The summed E-state index contributed by atoms with van der Waals surface area (Å²) in [4.78, 5) is 8.76. The lowest BCUT2D eigenvalue weighted by Gasteiger charge is -2.29. The van der Waals surface area contributed by atoms with Crippen LogP contribution in [0.15, 0.2) is 61.2 Å². The first-order valence-electron chi connectivity index (χ1n) is 11.3. The zero-order chi connectivity index (χ0) is 26.5. The Balaban J connectivity index is 1.78. The minimum Gasteiger partial charge on any atom is -0.480 e. The Kier molecular flexibility index (Phi) is 5.96. The Labute approximate surface area is 216 Å². The third-order valence-electron chi connectivity index (χ3n) is 6.43. The van der Waals surface area contributed by atoms with Crippen LogP contribution in [0.3, 0.4) is 0 Å². The Morgan fingerprint density at radius 3 is 2.43 bits per heavy atom. The molecule has 0 saturated carbocycles. The molecule has 1 N–H and O–H groups in total. The number of benzene rings is 2. The lowest BCUT2D eigenvalue weighted by atomic mass is 9.86. The van der Waals surface area contributed by atoms with Gasteiger partial charge in [0, 0.05) is 32.0 Å². The first-order valence-corrected chi connectivity index (χ1v) is 11.6. The summed E-state index contributed by atoms with van der Waals surface area (Å²) >= 11 is 6.92. The van der Waals surface area contributed by atoms with Crippen LogP contribution in [0.2, 0.25) is 5.02 Å². The molecule has 190 valence electrons. The van der Waals surface area contributed by atoms with E-state index >= 15 is 0 Å². The molecule has 0 aliphatic rings. The molecule has 3 aromatic heterocycles. The number of fused-ring (bicyclic) bond motifs is 1. The van der Waals surface area contributed by atoms with Crippen molar-refractivity contribution < 1.29 is 18.6 Å². The van der Waals surface area contributed by atoms with Crippen LogP contribution in [0.5, 0.6) is 5.88 Å². The van der Waals surface area contributed by atoms with Crippen molar-refractivity contribution in [2.45, 2.75) is 18.4 Å². The number of rotatable bonds is 6. The normalized spacial score (nSPS) is 13.6. The molecule has 0 fully saturated rings. The van der Waals surface area contributed by atoms with Gasteiger partial charge < -0.3 is 14.4 Å². The lowest BCUT2D eigenvalue weighted by molar-refractivity contribution is 0.0175. The van der Waals surface area contributed by atoms with Crippen molar-refractivity contribution in [3.05, 3.63) is 88.7 Å². The van der Waals surface area contributed by atoms with Gasteiger partial charge in [0.25, 0.3) is 5.92 Å². The summed E-state index contributed by atoms with van der Waals surface area (Å²) in [7, 11) is 4.89. The molecule has 37 heavy (non-hydrogen) atoms. The highest BCUT2D eigenvalue weighted by molar-refractivity contribution is 6.38. The molecule has 1 unspecified atom stereocenters. The number of imidazole rings is 1. The Bertz CT molecular complexity index is 1590. The van der Waals surface area contributed by atoms with E-state index in [4.69, 9.17) is 16.3 Å². The fourth-order valence-electron chi connectivity index (χ4n) is 4.52. The van der Waals surface area contributed by atoms with Gasteiger partial charge in [0.1, 0.15) is 5.69 Å². The van der Waals surface area contributed by atoms with E-state index in [1.165, 1.54) is 36.2 Å². The molecule has 5 rings (SSSR count). The second-order valence-corrected chi connectivity index (χ2v) is 9.23. The predicted molar refractivity (Wildman–Crippen MR) is 135 cm³/mol. The van der Waals surface area contributed by atoms with Gasteiger partial charge in [-0.25, -0.2) is 23.4 Å². The topological polar surface area (TPSA) is 90.9 Å². The highest BCUT2D eigenvalue weighted by atomic mass is 35.5. The fourth-order valence-corrected chi connectivity index (χ4v) is 4.87. The second kappa shape index (κ2) is 8.89. The van der Waals surface area contributed by atoms with Crippen molar-refractivity contribution in [2.75, 3.05) is 7.11 Å². The van der Waals surface area contributed by atoms with Gasteiger partial charge in [-0.05, 0) is 29.3 Å². The molecule has 0 aliphatic heterocycles. The van der Waals surface area contributed by atoms with Crippen molar-refractivity contribution in [3.63, 3.8) is 0 Å². The van der Waals surface area contributed by atoms with Crippen LogP contribution in [0.25, 0.3) is 22.0 Å². The van der Waals surface area contributed by atoms with Crippen LogP contribution in [0.4, 0.5) is 8.78 Å². The van der Waals surface area contributed by atoms with E-state index in [0.717, 1.165) is 6.92 Å². The van der Waals surface area contributed by atoms with Crippen LogP contribution in [-0.2, 0) is 25.6 Å². The zero-order valence-corrected chi connectivity index (χ0v) is 21.2. The molecule has 0 amide bonds. The quantitative estimate of drug-likeness (QED) is 0.342. The van der Waals surface area contributed by atoms with Crippen molar-refractivity contribution in [3.8, 4) is 17.0 Å². The van der Waals surface area contributed by atoms with Gasteiger partial charge in [-0.3, -0.25) is 0 Å². The molecule has 3 heterocycles. The molecule has 0 radical (unpaired) electrons. The van der Waals surface area contributed by atoms with Crippen LogP contribution in [-0.4, -0.2) is 41.7 Å². The predicted octanol–water partition coefficient (Wildman–Crippen LogP) is 4.82. The zero-order valence-electron chi connectivity index (χ0n) is 20.4. The number of aryl methyl sites for hydroxylation is 2. The van der Waals surface area contributed by atoms with Gasteiger partial charge in [0.05, 0.1) is 47.6 Å². The van der Waals surface area contributed by atoms with E-state index in [9.17, 15) is 13.9 Å².